The van der Waals surface area contributed by atoms with E-state index in [-0.39, 0.29) is 6.04 Å². The first kappa shape index (κ1) is 18.4. The van der Waals surface area contributed by atoms with Gasteiger partial charge in [0.15, 0.2) is 0 Å². The van der Waals surface area contributed by atoms with Crippen molar-refractivity contribution in [1.29, 1.82) is 0 Å². The van der Waals surface area contributed by atoms with E-state index in [1.54, 1.807) is 12.3 Å². The zero-order chi connectivity index (χ0) is 19.4. The number of carbonyl (C=O) groups excluding carboxylic acids is 2. The summed E-state index contributed by atoms with van der Waals surface area (Å²) < 4.78 is 6.60. The standard InChI is InChI=1S/C23H21NO3/c1-4-9-17-10-5-6-11-18(17)14-16(2)24-15-20(22(25)23(26)27-3)19-12-7-8-13-21(19)24/h4-16H,1H2,2-3H3/b17-9-,18-14-. The molecule has 27 heavy (non-hydrogen) atoms. The molecule has 0 aliphatic heterocycles. The Kier molecular flexibility index (Phi) is 5.36. The van der Waals surface area contributed by atoms with E-state index in [1.807, 2.05) is 66.1 Å². The molecule has 0 aliphatic carbocycles. The van der Waals surface area contributed by atoms with Crippen LogP contribution in [0, 0.1) is 0 Å². The van der Waals surface area contributed by atoms with Crippen LogP contribution in [0.3, 0.4) is 0 Å². The number of para-hydroxylation sites is 1. The summed E-state index contributed by atoms with van der Waals surface area (Å²) in [7, 11) is 1.21. The topological polar surface area (TPSA) is 48.3 Å². The maximum absolute atomic E-state index is 12.4. The van der Waals surface area contributed by atoms with Gasteiger partial charge in [-0.25, -0.2) is 4.79 Å². The van der Waals surface area contributed by atoms with E-state index in [1.165, 1.54) is 7.11 Å². The van der Waals surface area contributed by atoms with Gasteiger partial charge in [0.05, 0.1) is 12.7 Å². The molecule has 1 heterocycles. The van der Waals surface area contributed by atoms with E-state index >= 15 is 0 Å². The fraction of sp³-hybridized carbons (Fsp3) is 0.130. The van der Waals surface area contributed by atoms with Crippen LogP contribution >= 0.6 is 0 Å². The van der Waals surface area contributed by atoms with Crippen molar-refractivity contribution in [2.75, 3.05) is 7.11 Å². The van der Waals surface area contributed by atoms with Gasteiger partial charge in [0.25, 0.3) is 5.78 Å². The Morgan fingerprint density at radius 1 is 1.07 bits per heavy atom. The van der Waals surface area contributed by atoms with Crippen LogP contribution in [0.5, 0.6) is 0 Å². The number of benzene rings is 2. The number of hydrogen-bond donors (Lipinski definition) is 0. The van der Waals surface area contributed by atoms with Crippen molar-refractivity contribution in [2.24, 2.45) is 0 Å². The highest BCUT2D eigenvalue weighted by atomic mass is 16.5. The van der Waals surface area contributed by atoms with Crippen LogP contribution in [0.4, 0.5) is 0 Å². The lowest BCUT2D eigenvalue weighted by molar-refractivity contribution is -0.135. The molecule has 3 aromatic rings. The zero-order valence-electron chi connectivity index (χ0n) is 15.4. The fourth-order valence-electron chi connectivity index (χ4n) is 3.21. The first-order chi connectivity index (χ1) is 13.1. The molecule has 0 radical (unpaired) electrons. The Balaban J connectivity index is 2.17. The van der Waals surface area contributed by atoms with Gasteiger partial charge in [0, 0.05) is 23.1 Å². The van der Waals surface area contributed by atoms with E-state index in [4.69, 9.17) is 0 Å². The molecule has 0 fully saturated rings. The molecule has 136 valence electrons. The molecule has 2 aromatic carbocycles. The average molecular weight is 359 g/mol. The van der Waals surface area contributed by atoms with Crippen molar-refractivity contribution in [3.05, 3.63) is 83.4 Å². The molecule has 0 aliphatic rings. The largest absolute Gasteiger partial charge is 0.463 e. The molecule has 0 spiro atoms. The van der Waals surface area contributed by atoms with Gasteiger partial charge < -0.3 is 9.30 Å². The molecule has 0 saturated carbocycles. The summed E-state index contributed by atoms with van der Waals surface area (Å²) in [6.45, 7) is 5.81. The van der Waals surface area contributed by atoms with Gasteiger partial charge >= 0.3 is 5.97 Å². The van der Waals surface area contributed by atoms with E-state index < -0.39 is 11.8 Å². The molecule has 4 heteroatoms. The lowest BCUT2D eigenvalue weighted by atomic mass is 10.1. The van der Waals surface area contributed by atoms with Crippen LogP contribution in [0.25, 0.3) is 23.1 Å². The number of ketones is 1. The number of nitrogens with zero attached hydrogens (tertiary/aromatic N) is 1. The van der Waals surface area contributed by atoms with E-state index in [9.17, 15) is 9.59 Å². The molecule has 0 saturated heterocycles. The molecule has 0 N–H and O–H groups in total. The first-order valence-electron chi connectivity index (χ1n) is 8.68. The number of Topliss-reactive ketones (excluding diaryl/α,β-unsaturated/α-hetero) is 1. The van der Waals surface area contributed by atoms with Gasteiger partial charge in [-0.1, -0.05) is 67.3 Å². The minimum absolute atomic E-state index is 0.0338. The second-order valence-corrected chi connectivity index (χ2v) is 6.23. The molecular formula is C23H21NO3. The number of hydrogen-bond acceptors (Lipinski definition) is 3. The van der Waals surface area contributed by atoms with Gasteiger partial charge in [0.1, 0.15) is 0 Å². The third kappa shape index (κ3) is 3.60. The summed E-state index contributed by atoms with van der Waals surface area (Å²) >= 11 is 0. The molecule has 0 amide bonds. The number of aromatic nitrogens is 1. The zero-order valence-corrected chi connectivity index (χ0v) is 15.4. The lowest BCUT2D eigenvalue weighted by Crippen LogP contribution is -2.24. The molecule has 4 nitrogen and oxygen atoms in total. The molecule has 1 unspecified atom stereocenters. The van der Waals surface area contributed by atoms with Crippen molar-refractivity contribution < 1.29 is 14.3 Å². The normalized spacial score (nSPS) is 13.6. The van der Waals surface area contributed by atoms with Crippen LogP contribution in [-0.2, 0) is 9.53 Å². The molecule has 1 aromatic heterocycles. The quantitative estimate of drug-likeness (QED) is 0.400. The van der Waals surface area contributed by atoms with Crippen LogP contribution in [-0.4, -0.2) is 23.4 Å². The summed E-state index contributed by atoms with van der Waals surface area (Å²) in [4.78, 5) is 24.1. The molecule has 0 bridgehead atoms. The Morgan fingerprint density at radius 3 is 2.44 bits per heavy atom. The van der Waals surface area contributed by atoms with Crippen LogP contribution in [0.15, 0.2) is 67.4 Å². The summed E-state index contributed by atoms with van der Waals surface area (Å²) in [6, 6.07) is 15.5. The monoisotopic (exact) mass is 359 g/mol. The van der Waals surface area contributed by atoms with Crippen LogP contribution in [0.1, 0.15) is 23.3 Å². The van der Waals surface area contributed by atoms with Crippen molar-refractivity contribution in [3.63, 3.8) is 0 Å². The number of methoxy groups -OCH3 is 1. The summed E-state index contributed by atoms with van der Waals surface area (Å²) in [6.07, 6.45) is 7.56. The number of rotatable bonds is 5. The minimum Gasteiger partial charge on any atom is -0.463 e. The number of esters is 1. The minimum atomic E-state index is -0.861. The Labute approximate surface area is 157 Å². The highest BCUT2D eigenvalue weighted by Crippen LogP contribution is 2.26. The van der Waals surface area contributed by atoms with Crippen LogP contribution in [0.2, 0.25) is 0 Å². The predicted molar refractivity (Wildman–Crippen MR) is 108 cm³/mol. The SMILES string of the molecule is C=C/C=c1/cccc/c1=C/C(C)n1cc(C(=O)C(=O)OC)c2ccccc21. The number of fused-ring (bicyclic) bond motifs is 1. The number of allylic oxidation sites excluding steroid dienone is 1. The van der Waals surface area contributed by atoms with Gasteiger partial charge in [-0.3, -0.25) is 4.79 Å². The second kappa shape index (κ2) is 7.87. The maximum atomic E-state index is 12.4. The molecular weight excluding hydrogens is 338 g/mol. The van der Waals surface area contributed by atoms with Crippen molar-refractivity contribution >= 4 is 34.8 Å². The Bertz CT molecular complexity index is 1140. The van der Waals surface area contributed by atoms with E-state index in [2.05, 4.69) is 17.4 Å². The Hall–Kier alpha value is -3.40. The number of ether oxygens (including phenoxy) is 1. The fourth-order valence-corrected chi connectivity index (χ4v) is 3.21. The summed E-state index contributed by atoms with van der Waals surface area (Å²) in [5.74, 6) is -1.50. The molecule has 3 rings (SSSR count). The van der Waals surface area contributed by atoms with Crippen molar-refractivity contribution in [3.8, 4) is 0 Å². The van der Waals surface area contributed by atoms with Crippen molar-refractivity contribution in [1.82, 2.24) is 4.57 Å². The molecule has 1 atom stereocenters. The third-order valence-electron chi connectivity index (χ3n) is 4.51. The average Bonchev–Trinajstić information content (AvgIpc) is 3.08. The lowest BCUT2D eigenvalue weighted by Gasteiger charge is -2.11. The number of carbonyl (C=O) groups is 2. The summed E-state index contributed by atoms with van der Waals surface area (Å²) in [5, 5.41) is 2.88. The maximum Gasteiger partial charge on any atom is 0.379 e. The van der Waals surface area contributed by atoms with E-state index in [0.29, 0.717) is 5.56 Å². The van der Waals surface area contributed by atoms with Gasteiger partial charge in [-0.05, 0) is 23.4 Å². The Morgan fingerprint density at radius 2 is 1.74 bits per heavy atom. The second-order valence-electron chi connectivity index (χ2n) is 6.23. The smallest absolute Gasteiger partial charge is 0.379 e. The predicted octanol–water partition coefficient (Wildman–Crippen LogP) is 3.01. The highest BCUT2D eigenvalue weighted by molar-refractivity contribution is 6.43. The van der Waals surface area contributed by atoms with Gasteiger partial charge in [0.2, 0.25) is 0 Å². The first-order valence-corrected chi connectivity index (χ1v) is 8.68. The van der Waals surface area contributed by atoms with Gasteiger partial charge in [-0.15, -0.1) is 0 Å². The van der Waals surface area contributed by atoms with Gasteiger partial charge in [-0.2, -0.15) is 0 Å². The highest BCUT2D eigenvalue weighted by Gasteiger charge is 2.22. The van der Waals surface area contributed by atoms with E-state index in [0.717, 1.165) is 21.3 Å². The van der Waals surface area contributed by atoms with Crippen LogP contribution < -0.4 is 10.4 Å². The third-order valence-corrected chi connectivity index (χ3v) is 4.51. The van der Waals surface area contributed by atoms with Crippen molar-refractivity contribution in [2.45, 2.75) is 13.0 Å². The summed E-state index contributed by atoms with van der Waals surface area (Å²) in [5.41, 5.74) is 1.24.